The molecule has 0 aliphatic heterocycles. The van der Waals surface area contributed by atoms with E-state index in [1.165, 1.54) is 19.1 Å². The summed E-state index contributed by atoms with van der Waals surface area (Å²) in [4.78, 5) is 28.0. The number of aromatic nitrogens is 1. The summed E-state index contributed by atoms with van der Waals surface area (Å²) in [7, 11) is 0. The highest BCUT2D eigenvalue weighted by Gasteiger charge is 2.25. The Labute approximate surface area is 154 Å². The van der Waals surface area contributed by atoms with Crippen LogP contribution in [0.25, 0.3) is 0 Å². The summed E-state index contributed by atoms with van der Waals surface area (Å²) >= 11 is 3.37. The lowest BCUT2D eigenvalue weighted by atomic mass is 10.1. The van der Waals surface area contributed by atoms with Crippen LogP contribution in [0.5, 0.6) is 0 Å². The van der Waals surface area contributed by atoms with Crippen LogP contribution in [0.2, 0.25) is 0 Å². The zero-order valence-corrected chi connectivity index (χ0v) is 15.4. The molecule has 1 fully saturated rings. The van der Waals surface area contributed by atoms with Gasteiger partial charge in [0.1, 0.15) is 6.26 Å². The van der Waals surface area contributed by atoms with Gasteiger partial charge in [-0.25, -0.2) is 9.78 Å². The molecular weight excluding hydrogens is 388 g/mol. The number of hydrogen-bond donors (Lipinski definition) is 1. The fourth-order valence-electron chi connectivity index (χ4n) is 2.39. The maximum atomic E-state index is 11.9. The summed E-state index contributed by atoms with van der Waals surface area (Å²) in [6.45, 7) is 1.51. The minimum Gasteiger partial charge on any atom is -0.451 e. The van der Waals surface area contributed by atoms with Crippen LogP contribution in [0.15, 0.2) is 39.4 Å². The van der Waals surface area contributed by atoms with Crippen molar-refractivity contribution in [3.05, 3.63) is 52.1 Å². The van der Waals surface area contributed by atoms with Crippen LogP contribution in [0.4, 0.5) is 0 Å². The van der Waals surface area contributed by atoms with Crippen molar-refractivity contribution in [1.82, 2.24) is 10.3 Å². The third kappa shape index (κ3) is 5.16. The molecule has 0 radical (unpaired) electrons. The van der Waals surface area contributed by atoms with E-state index in [1.54, 1.807) is 0 Å². The number of nitrogens with zero attached hydrogens (tertiary/aromatic N) is 1. The van der Waals surface area contributed by atoms with Crippen molar-refractivity contribution in [2.45, 2.75) is 32.2 Å². The highest BCUT2D eigenvalue weighted by Crippen LogP contribution is 2.32. The lowest BCUT2D eigenvalue weighted by molar-refractivity contribution is -0.124. The van der Waals surface area contributed by atoms with Crippen LogP contribution >= 0.6 is 15.9 Å². The van der Waals surface area contributed by atoms with E-state index in [4.69, 9.17) is 9.15 Å². The van der Waals surface area contributed by atoms with Crippen molar-refractivity contribution >= 4 is 27.8 Å². The van der Waals surface area contributed by atoms with Gasteiger partial charge < -0.3 is 14.5 Å². The van der Waals surface area contributed by atoms with E-state index >= 15 is 0 Å². The molecule has 1 unspecified atom stereocenters. The number of carbonyl (C=O) groups excluding carboxylic acids is 2. The van der Waals surface area contributed by atoms with Crippen LogP contribution < -0.4 is 5.32 Å². The van der Waals surface area contributed by atoms with E-state index in [2.05, 4.69) is 26.2 Å². The molecular formula is C18H19BrN2O4. The summed E-state index contributed by atoms with van der Waals surface area (Å²) in [6.07, 6.45) is 4.39. The molecule has 3 rings (SSSR count). The molecule has 25 heavy (non-hydrogen) atoms. The van der Waals surface area contributed by atoms with Gasteiger partial charge in [-0.05, 0) is 43.4 Å². The summed E-state index contributed by atoms with van der Waals surface area (Å²) < 4.78 is 11.2. The van der Waals surface area contributed by atoms with Crippen molar-refractivity contribution in [3.63, 3.8) is 0 Å². The Morgan fingerprint density at radius 3 is 2.76 bits per heavy atom. The molecule has 6 nitrogen and oxygen atoms in total. The van der Waals surface area contributed by atoms with Crippen LogP contribution in [0.1, 0.15) is 47.7 Å². The summed E-state index contributed by atoms with van der Waals surface area (Å²) in [5.41, 5.74) is 1.06. The van der Waals surface area contributed by atoms with Crippen molar-refractivity contribution in [1.29, 1.82) is 0 Å². The Balaban J connectivity index is 1.45. The molecule has 1 aliphatic rings. The van der Waals surface area contributed by atoms with Crippen molar-refractivity contribution in [2.24, 2.45) is 5.92 Å². The van der Waals surface area contributed by atoms with Gasteiger partial charge >= 0.3 is 5.97 Å². The highest BCUT2D eigenvalue weighted by molar-refractivity contribution is 9.10. The van der Waals surface area contributed by atoms with E-state index in [9.17, 15) is 9.59 Å². The number of nitrogens with one attached hydrogen (secondary N) is 1. The van der Waals surface area contributed by atoms with E-state index in [0.717, 1.165) is 16.5 Å². The third-order valence-corrected chi connectivity index (χ3v) is 4.53. The molecule has 1 N–H and O–H groups in total. The molecule has 7 heteroatoms. The fourth-order valence-corrected chi connectivity index (χ4v) is 2.65. The molecule has 1 aromatic heterocycles. The second kappa shape index (κ2) is 7.82. The molecule has 1 amide bonds. The largest absolute Gasteiger partial charge is 0.451 e. The SMILES string of the molecule is CC(NC(=O)COC(=O)c1coc(CC2CC2)n1)c1ccc(Br)cc1. The van der Waals surface area contributed by atoms with Gasteiger partial charge in [0.2, 0.25) is 0 Å². The Morgan fingerprint density at radius 2 is 2.08 bits per heavy atom. The number of rotatable bonds is 7. The van der Waals surface area contributed by atoms with E-state index in [-0.39, 0.29) is 24.2 Å². The molecule has 132 valence electrons. The number of benzene rings is 1. The smallest absolute Gasteiger partial charge is 0.360 e. The normalized spacial score (nSPS) is 14.8. The number of hydrogen-bond acceptors (Lipinski definition) is 5. The van der Waals surface area contributed by atoms with Crippen molar-refractivity contribution < 1.29 is 18.7 Å². The number of oxazole rings is 1. The minimum absolute atomic E-state index is 0.101. The van der Waals surface area contributed by atoms with Gasteiger partial charge in [-0.1, -0.05) is 28.1 Å². The molecule has 0 spiro atoms. The predicted molar refractivity (Wildman–Crippen MR) is 93.9 cm³/mol. The first-order chi connectivity index (χ1) is 12.0. The van der Waals surface area contributed by atoms with Crippen LogP contribution in [0.3, 0.4) is 0 Å². The number of amides is 1. The first-order valence-electron chi connectivity index (χ1n) is 8.17. The maximum Gasteiger partial charge on any atom is 0.360 e. The van der Waals surface area contributed by atoms with Gasteiger partial charge in [0.05, 0.1) is 6.04 Å². The average Bonchev–Trinajstić information content (AvgIpc) is 3.28. The first kappa shape index (κ1) is 17.7. The van der Waals surface area contributed by atoms with Gasteiger partial charge in [0.25, 0.3) is 5.91 Å². The van der Waals surface area contributed by atoms with Crippen LogP contribution in [0, 0.1) is 5.92 Å². The molecule has 1 saturated carbocycles. The van der Waals surface area contributed by atoms with Gasteiger partial charge in [0, 0.05) is 10.9 Å². The maximum absolute atomic E-state index is 11.9. The fraction of sp³-hybridized carbons (Fsp3) is 0.389. The van der Waals surface area contributed by atoms with Gasteiger partial charge in [0.15, 0.2) is 18.2 Å². The lowest BCUT2D eigenvalue weighted by Crippen LogP contribution is -2.31. The Morgan fingerprint density at radius 1 is 1.36 bits per heavy atom. The average molecular weight is 407 g/mol. The highest BCUT2D eigenvalue weighted by atomic mass is 79.9. The van der Waals surface area contributed by atoms with Crippen molar-refractivity contribution in [2.75, 3.05) is 6.61 Å². The monoisotopic (exact) mass is 406 g/mol. The van der Waals surface area contributed by atoms with Gasteiger partial charge in [-0.15, -0.1) is 0 Å². The first-order valence-corrected chi connectivity index (χ1v) is 8.97. The van der Waals surface area contributed by atoms with Crippen molar-refractivity contribution in [3.8, 4) is 0 Å². The molecule has 2 aromatic rings. The topological polar surface area (TPSA) is 81.4 Å². The number of carbonyl (C=O) groups is 2. The van der Waals surface area contributed by atoms with Gasteiger partial charge in [-0.2, -0.15) is 0 Å². The summed E-state index contributed by atoms with van der Waals surface area (Å²) in [5, 5.41) is 2.79. The second-order valence-corrected chi connectivity index (χ2v) is 7.11. The molecule has 1 aromatic carbocycles. The summed E-state index contributed by atoms with van der Waals surface area (Å²) in [5.74, 6) is 0.138. The predicted octanol–water partition coefficient (Wildman–Crippen LogP) is 3.42. The molecule has 1 heterocycles. The van der Waals surface area contributed by atoms with E-state index in [1.807, 2.05) is 31.2 Å². The summed E-state index contributed by atoms with van der Waals surface area (Å²) in [6, 6.07) is 7.45. The second-order valence-electron chi connectivity index (χ2n) is 6.19. The van der Waals surface area contributed by atoms with E-state index in [0.29, 0.717) is 11.8 Å². The lowest BCUT2D eigenvalue weighted by Gasteiger charge is -2.14. The Kier molecular flexibility index (Phi) is 5.53. The number of esters is 1. The molecule has 1 atom stereocenters. The van der Waals surface area contributed by atoms with E-state index < -0.39 is 5.97 Å². The zero-order chi connectivity index (χ0) is 17.8. The third-order valence-electron chi connectivity index (χ3n) is 4.00. The molecule has 1 aliphatic carbocycles. The Hall–Kier alpha value is -2.15. The quantitative estimate of drug-likeness (QED) is 0.712. The minimum atomic E-state index is -0.655. The van der Waals surface area contributed by atoms with Crippen LogP contribution in [-0.2, 0) is 16.0 Å². The van der Waals surface area contributed by atoms with Crippen LogP contribution in [-0.4, -0.2) is 23.5 Å². The number of ether oxygens (including phenoxy) is 1. The Bertz CT molecular complexity index is 753. The van der Waals surface area contributed by atoms with Gasteiger partial charge in [-0.3, -0.25) is 4.79 Å². The molecule has 0 saturated heterocycles. The standard InChI is InChI=1S/C18H19BrN2O4/c1-11(13-4-6-14(19)7-5-13)20-16(22)10-25-18(23)15-9-24-17(21-15)8-12-2-3-12/h4-7,9,11-12H,2-3,8,10H2,1H3,(H,20,22). The molecule has 0 bridgehead atoms. The number of halogens is 1. The zero-order valence-electron chi connectivity index (χ0n) is 13.8.